The number of hydrogen-bond acceptors (Lipinski definition) is 5. The zero-order valence-electron chi connectivity index (χ0n) is 9.42. The van der Waals surface area contributed by atoms with Gasteiger partial charge in [-0.25, -0.2) is 4.98 Å². The van der Waals surface area contributed by atoms with Gasteiger partial charge in [0.2, 0.25) is 0 Å². The van der Waals surface area contributed by atoms with Crippen LogP contribution in [0.2, 0.25) is 5.02 Å². The highest BCUT2D eigenvalue weighted by molar-refractivity contribution is 8.01. The number of aromatic nitrogens is 1. The molecule has 0 saturated carbocycles. The molecule has 4 nitrogen and oxygen atoms in total. The summed E-state index contributed by atoms with van der Waals surface area (Å²) in [5.74, 6) is 0.0403. The van der Waals surface area contributed by atoms with E-state index in [-0.39, 0.29) is 5.84 Å². The van der Waals surface area contributed by atoms with Crippen molar-refractivity contribution in [3.63, 3.8) is 0 Å². The first-order chi connectivity index (χ1) is 8.60. The first kappa shape index (κ1) is 13.2. The molecule has 0 aliphatic carbocycles. The molecule has 18 heavy (non-hydrogen) atoms. The molecule has 94 valence electrons. The summed E-state index contributed by atoms with van der Waals surface area (Å²) in [6.07, 6.45) is 0. The Morgan fingerprint density at radius 2 is 2.33 bits per heavy atom. The van der Waals surface area contributed by atoms with Crippen LogP contribution in [-0.4, -0.2) is 16.0 Å². The lowest BCUT2D eigenvalue weighted by Crippen LogP contribution is -2.12. The molecule has 3 N–H and O–H groups in total. The summed E-state index contributed by atoms with van der Waals surface area (Å²) >= 11 is 9.22. The third-order valence-corrected chi connectivity index (χ3v) is 4.69. The molecule has 0 radical (unpaired) electrons. The van der Waals surface area contributed by atoms with E-state index in [9.17, 15) is 0 Å². The fourth-order valence-electron chi connectivity index (χ4n) is 1.27. The molecule has 0 bridgehead atoms. The number of benzene rings is 1. The van der Waals surface area contributed by atoms with Crippen LogP contribution in [-0.2, 0) is 0 Å². The van der Waals surface area contributed by atoms with Gasteiger partial charge in [-0.05, 0) is 25.1 Å². The van der Waals surface area contributed by atoms with Crippen LogP contribution in [0.4, 0.5) is 0 Å². The Morgan fingerprint density at radius 3 is 2.89 bits per heavy atom. The number of aryl methyl sites for hydroxylation is 1. The first-order valence-electron chi connectivity index (χ1n) is 4.97. The fourth-order valence-corrected chi connectivity index (χ4v) is 3.37. The Morgan fingerprint density at radius 1 is 1.56 bits per heavy atom. The molecule has 0 aliphatic heterocycles. The average molecular weight is 300 g/mol. The van der Waals surface area contributed by atoms with Gasteiger partial charge in [0, 0.05) is 21.5 Å². The molecule has 0 fully saturated rings. The van der Waals surface area contributed by atoms with E-state index in [0.29, 0.717) is 10.6 Å². The second kappa shape index (κ2) is 5.60. The van der Waals surface area contributed by atoms with Crippen LogP contribution in [0.5, 0.6) is 0 Å². The maximum Gasteiger partial charge on any atom is 0.170 e. The molecule has 1 aromatic carbocycles. The monoisotopic (exact) mass is 299 g/mol. The Kier molecular flexibility index (Phi) is 4.11. The van der Waals surface area contributed by atoms with Gasteiger partial charge in [-0.1, -0.05) is 28.5 Å². The predicted molar refractivity (Wildman–Crippen MR) is 74.9 cm³/mol. The highest BCUT2D eigenvalue weighted by atomic mass is 35.5. The topological polar surface area (TPSA) is 71.5 Å². The molecule has 0 unspecified atom stereocenters. The third kappa shape index (κ3) is 2.95. The van der Waals surface area contributed by atoms with Gasteiger partial charge in [-0.3, -0.25) is 0 Å². The summed E-state index contributed by atoms with van der Waals surface area (Å²) < 4.78 is 0.936. The maximum atomic E-state index is 8.59. The predicted octanol–water partition coefficient (Wildman–Crippen LogP) is 3.35. The van der Waals surface area contributed by atoms with Crippen LogP contribution >= 0.6 is 34.7 Å². The summed E-state index contributed by atoms with van der Waals surface area (Å²) in [5, 5.41) is 14.1. The minimum atomic E-state index is 0.0403. The highest BCUT2D eigenvalue weighted by Crippen LogP contribution is 2.35. The number of amidine groups is 1. The number of hydrogen-bond donors (Lipinski definition) is 2. The molecule has 2 aromatic rings. The van der Waals surface area contributed by atoms with E-state index in [1.165, 1.54) is 11.8 Å². The van der Waals surface area contributed by atoms with Gasteiger partial charge in [0.15, 0.2) is 10.2 Å². The van der Waals surface area contributed by atoms with Crippen LogP contribution in [0.1, 0.15) is 11.3 Å². The van der Waals surface area contributed by atoms with Crippen molar-refractivity contribution in [2.24, 2.45) is 10.9 Å². The van der Waals surface area contributed by atoms with Crippen LogP contribution in [0, 0.1) is 6.92 Å². The molecule has 2 rings (SSSR count). The number of nitrogens with zero attached hydrogens (tertiary/aromatic N) is 2. The van der Waals surface area contributed by atoms with E-state index >= 15 is 0 Å². The van der Waals surface area contributed by atoms with Crippen molar-refractivity contribution in [2.75, 3.05) is 0 Å². The maximum absolute atomic E-state index is 8.59. The van der Waals surface area contributed by atoms with E-state index in [2.05, 4.69) is 10.1 Å². The number of thiazole rings is 1. The summed E-state index contributed by atoms with van der Waals surface area (Å²) in [7, 11) is 0. The molecule has 1 aromatic heterocycles. The van der Waals surface area contributed by atoms with Crippen molar-refractivity contribution in [1.82, 2.24) is 4.98 Å². The molecule has 1 heterocycles. The van der Waals surface area contributed by atoms with E-state index in [0.717, 1.165) is 14.9 Å². The zero-order chi connectivity index (χ0) is 13.1. The van der Waals surface area contributed by atoms with E-state index in [4.69, 9.17) is 22.5 Å². The average Bonchev–Trinajstić information content (AvgIpc) is 2.76. The number of nitrogens with two attached hydrogens (primary N) is 1. The van der Waals surface area contributed by atoms with E-state index in [1.807, 2.05) is 18.4 Å². The second-order valence-electron chi connectivity index (χ2n) is 3.49. The van der Waals surface area contributed by atoms with Gasteiger partial charge in [0.25, 0.3) is 0 Å². The summed E-state index contributed by atoms with van der Waals surface area (Å²) in [4.78, 5) is 5.24. The minimum absolute atomic E-state index is 0.0403. The van der Waals surface area contributed by atoms with E-state index in [1.54, 1.807) is 23.5 Å². The standard InChI is InChI=1S/C11H10ClN3OS2/c1-6-5-17-11(14-6)18-9-3-2-7(4-8(9)12)10(13)15-16/h2-5,16H,1H3,(H2,13,15). The van der Waals surface area contributed by atoms with Crippen molar-refractivity contribution in [3.8, 4) is 0 Å². The highest BCUT2D eigenvalue weighted by Gasteiger charge is 2.08. The van der Waals surface area contributed by atoms with Crippen LogP contribution in [0.25, 0.3) is 0 Å². The van der Waals surface area contributed by atoms with Gasteiger partial charge in [0.05, 0.1) is 5.02 Å². The number of halogens is 1. The molecule has 0 atom stereocenters. The Bertz CT molecular complexity index is 598. The zero-order valence-corrected chi connectivity index (χ0v) is 11.8. The van der Waals surface area contributed by atoms with Gasteiger partial charge in [-0.15, -0.1) is 11.3 Å². The van der Waals surface area contributed by atoms with Crippen molar-refractivity contribution in [3.05, 3.63) is 39.9 Å². The lowest BCUT2D eigenvalue weighted by molar-refractivity contribution is 0.318. The third-order valence-electron chi connectivity index (χ3n) is 2.13. The Hall–Kier alpha value is -1.24. The molecule has 0 aliphatic rings. The quantitative estimate of drug-likeness (QED) is 0.394. The molecular weight excluding hydrogens is 290 g/mol. The first-order valence-corrected chi connectivity index (χ1v) is 7.05. The normalized spacial score (nSPS) is 11.8. The SMILES string of the molecule is Cc1csc(Sc2ccc(C(N)=NO)cc2Cl)n1. The van der Waals surface area contributed by atoms with Crippen molar-refractivity contribution < 1.29 is 5.21 Å². The smallest absolute Gasteiger partial charge is 0.170 e. The molecule has 0 amide bonds. The fraction of sp³-hybridized carbons (Fsp3) is 0.0909. The van der Waals surface area contributed by atoms with Crippen molar-refractivity contribution in [2.45, 2.75) is 16.2 Å². The second-order valence-corrected chi connectivity index (χ2v) is 6.04. The Balaban J connectivity index is 2.25. The van der Waals surface area contributed by atoms with Crippen LogP contribution in [0.3, 0.4) is 0 Å². The molecule has 7 heteroatoms. The Labute approximate surface area is 117 Å². The summed E-state index contributed by atoms with van der Waals surface area (Å²) in [6.45, 7) is 1.95. The number of oxime groups is 1. The van der Waals surface area contributed by atoms with E-state index < -0.39 is 0 Å². The molecular formula is C11H10ClN3OS2. The molecule has 0 saturated heterocycles. The van der Waals surface area contributed by atoms with Crippen LogP contribution < -0.4 is 5.73 Å². The summed E-state index contributed by atoms with van der Waals surface area (Å²) in [5.41, 5.74) is 7.07. The largest absolute Gasteiger partial charge is 0.409 e. The van der Waals surface area contributed by atoms with Gasteiger partial charge >= 0.3 is 0 Å². The van der Waals surface area contributed by atoms with Gasteiger partial charge in [0.1, 0.15) is 0 Å². The minimum Gasteiger partial charge on any atom is -0.409 e. The van der Waals surface area contributed by atoms with Crippen LogP contribution in [0.15, 0.2) is 38.0 Å². The summed E-state index contributed by atoms with van der Waals surface area (Å²) in [6, 6.07) is 5.25. The van der Waals surface area contributed by atoms with Gasteiger partial charge in [-0.2, -0.15) is 0 Å². The van der Waals surface area contributed by atoms with Crippen molar-refractivity contribution in [1.29, 1.82) is 0 Å². The van der Waals surface area contributed by atoms with Gasteiger partial charge < -0.3 is 10.9 Å². The lowest BCUT2D eigenvalue weighted by atomic mass is 10.2. The molecule has 0 spiro atoms. The lowest BCUT2D eigenvalue weighted by Gasteiger charge is -2.04. The number of rotatable bonds is 3. The van der Waals surface area contributed by atoms with Crippen molar-refractivity contribution >= 4 is 40.5 Å².